The van der Waals surface area contributed by atoms with Crippen molar-refractivity contribution in [3.8, 4) is 0 Å². The third-order valence-corrected chi connectivity index (χ3v) is 6.44. The smallest absolute Gasteiger partial charge is 0.00596 e. The molecule has 0 heterocycles. The zero-order chi connectivity index (χ0) is 11.4. The van der Waals surface area contributed by atoms with Crippen molar-refractivity contribution in [2.45, 2.75) is 72.1 Å². The summed E-state index contributed by atoms with van der Waals surface area (Å²) in [4.78, 5) is 0. The summed E-state index contributed by atoms with van der Waals surface area (Å²) < 4.78 is 0. The van der Waals surface area contributed by atoms with Crippen LogP contribution < -0.4 is 0 Å². The summed E-state index contributed by atoms with van der Waals surface area (Å²) in [7, 11) is 0. The number of hydrogen-bond acceptors (Lipinski definition) is 0. The molecule has 2 unspecified atom stereocenters. The normalized spacial score (nSPS) is 41.8. The van der Waals surface area contributed by atoms with E-state index < -0.39 is 0 Å². The van der Waals surface area contributed by atoms with Crippen LogP contribution in [0.2, 0.25) is 0 Å². The molecule has 90 valence electrons. The van der Waals surface area contributed by atoms with Crippen LogP contribution in [0.1, 0.15) is 72.1 Å². The highest BCUT2D eigenvalue weighted by molar-refractivity contribution is 5.34. The Bertz CT molecular complexity index is 326. The number of hydrogen-bond donors (Lipinski definition) is 0. The molecule has 2 atom stereocenters. The third kappa shape index (κ3) is 1.22. The summed E-state index contributed by atoms with van der Waals surface area (Å²) in [6.45, 7) is 7.62. The first-order chi connectivity index (χ1) is 7.56. The molecule has 0 heteroatoms. The Hall–Kier alpha value is -0.260. The van der Waals surface area contributed by atoms with Crippen molar-refractivity contribution >= 4 is 0 Å². The number of rotatable bonds is 0. The molecule has 0 amide bonds. The van der Waals surface area contributed by atoms with Crippen LogP contribution in [-0.2, 0) is 0 Å². The third-order valence-electron chi connectivity index (χ3n) is 6.44. The molecular weight excluding hydrogens is 192 g/mol. The van der Waals surface area contributed by atoms with Gasteiger partial charge < -0.3 is 0 Å². The SMILES string of the molecule is CC12CCC(CC1=C1CCCCC1)C2(C)C. The lowest BCUT2D eigenvalue weighted by Crippen LogP contribution is -2.28. The quantitative estimate of drug-likeness (QED) is 0.497. The second-order valence-electron chi connectivity index (χ2n) is 7.14. The van der Waals surface area contributed by atoms with Gasteiger partial charge in [-0.05, 0) is 61.7 Å². The second kappa shape index (κ2) is 3.37. The van der Waals surface area contributed by atoms with Gasteiger partial charge in [-0.15, -0.1) is 0 Å². The van der Waals surface area contributed by atoms with Crippen LogP contribution in [0, 0.1) is 16.7 Å². The van der Waals surface area contributed by atoms with Gasteiger partial charge in [-0.25, -0.2) is 0 Å². The summed E-state index contributed by atoms with van der Waals surface area (Å²) in [5.74, 6) is 0.988. The zero-order valence-electron chi connectivity index (χ0n) is 11.2. The maximum Gasteiger partial charge on any atom is -0.00596 e. The summed E-state index contributed by atoms with van der Waals surface area (Å²) in [6.07, 6.45) is 11.6. The van der Waals surface area contributed by atoms with Gasteiger partial charge in [0.05, 0.1) is 0 Å². The molecule has 3 aliphatic carbocycles. The first-order valence-electron chi connectivity index (χ1n) is 7.27. The monoisotopic (exact) mass is 218 g/mol. The molecule has 0 spiro atoms. The van der Waals surface area contributed by atoms with Crippen molar-refractivity contribution in [2.75, 3.05) is 0 Å². The Morgan fingerprint density at radius 2 is 1.69 bits per heavy atom. The molecule has 0 saturated heterocycles. The van der Waals surface area contributed by atoms with E-state index in [0.29, 0.717) is 10.8 Å². The minimum atomic E-state index is 0.560. The van der Waals surface area contributed by atoms with E-state index in [1.165, 1.54) is 51.4 Å². The fraction of sp³-hybridized carbons (Fsp3) is 0.875. The molecule has 0 radical (unpaired) electrons. The van der Waals surface area contributed by atoms with Crippen LogP contribution >= 0.6 is 0 Å². The fourth-order valence-corrected chi connectivity index (χ4v) is 4.78. The molecule has 0 aliphatic heterocycles. The lowest BCUT2D eigenvalue weighted by molar-refractivity contribution is 0.178. The van der Waals surface area contributed by atoms with Crippen LogP contribution in [0.5, 0.6) is 0 Å². The average molecular weight is 218 g/mol. The van der Waals surface area contributed by atoms with Gasteiger partial charge in [0.15, 0.2) is 0 Å². The molecule has 0 aromatic carbocycles. The van der Waals surface area contributed by atoms with Crippen LogP contribution in [0.4, 0.5) is 0 Å². The molecule has 3 fully saturated rings. The van der Waals surface area contributed by atoms with E-state index in [1.807, 2.05) is 11.1 Å². The van der Waals surface area contributed by atoms with Gasteiger partial charge in [-0.3, -0.25) is 0 Å². The van der Waals surface area contributed by atoms with E-state index >= 15 is 0 Å². The fourth-order valence-electron chi connectivity index (χ4n) is 4.78. The van der Waals surface area contributed by atoms with E-state index in [1.54, 1.807) is 0 Å². The molecule has 3 rings (SSSR count). The highest BCUT2D eigenvalue weighted by Gasteiger charge is 2.59. The molecule has 0 nitrogen and oxygen atoms in total. The molecule has 0 N–H and O–H groups in total. The lowest BCUT2D eigenvalue weighted by Gasteiger charge is -2.37. The van der Waals surface area contributed by atoms with Crippen LogP contribution in [0.3, 0.4) is 0 Å². The van der Waals surface area contributed by atoms with Gasteiger partial charge in [0.25, 0.3) is 0 Å². The minimum Gasteiger partial charge on any atom is -0.0704 e. The highest BCUT2D eigenvalue weighted by atomic mass is 14.6. The van der Waals surface area contributed by atoms with Crippen molar-refractivity contribution in [1.82, 2.24) is 0 Å². The van der Waals surface area contributed by atoms with Crippen molar-refractivity contribution < 1.29 is 0 Å². The van der Waals surface area contributed by atoms with E-state index in [0.717, 1.165) is 5.92 Å². The molecule has 0 aromatic heterocycles. The Kier molecular flexibility index (Phi) is 2.29. The van der Waals surface area contributed by atoms with E-state index in [9.17, 15) is 0 Å². The maximum absolute atomic E-state index is 2.57. The number of fused-ring (bicyclic) bond motifs is 2. The van der Waals surface area contributed by atoms with E-state index in [2.05, 4.69) is 20.8 Å². The summed E-state index contributed by atoms with van der Waals surface area (Å²) >= 11 is 0. The Labute approximate surface area is 101 Å². The summed E-state index contributed by atoms with van der Waals surface area (Å²) in [6, 6.07) is 0. The molecular formula is C16H26. The highest BCUT2D eigenvalue weighted by Crippen LogP contribution is 2.69. The van der Waals surface area contributed by atoms with Gasteiger partial charge in [-0.2, -0.15) is 0 Å². The van der Waals surface area contributed by atoms with Crippen molar-refractivity contribution in [2.24, 2.45) is 16.7 Å². The average Bonchev–Trinajstić information content (AvgIpc) is 2.62. The molecule has 3 aliphatic rings. The Morgan fingerprint density at radius 3 is 2.19 bits per heavy atom. The van der Waals surface area contributed by atoms with E-state index in [-0.39, 0.29) is 0 Å². The van der Waals surface area contributed by atoms with Gasteiger partial charge >= 0.3 is 0 Å². The predicted octanol–water partition coefficient (Wildman–Crippen LogP) is 5.09. The molecule has 0 aromatic rings. The first kappa shape index (κ1) is 10.9. The maximum atomic E-state index is 2.57. The first-order valence-corrected chi connectivity index (χ1v) is 7.27. The summed E-state index contributed by atoms with van der Waals surface area (Å²) in [5, 5.41) is 0. The summed E-state index contributed by atoms with van der Waals surface area (Å²) in [5.41, 5.74) is 4.93. The minimum absolute atomic E-state index is 0.560. The van der Waals surface area contributed by atoms with Gasteiger partial charge in [-0.1, -0.05) is 38.3 Å². The van der Waals surface area contributed by atoms with E-state index in [4.69, 9.17) is 0 Å². The predicted molar refractivity (Wildman–Crippen MR) is 69.3 cm³/mol. The van der Waals surface area contributed by atoms with Crippen molar-refractivity contribution in [1.29, 1.82) is 0 Å². The number of allylic oxidation sites excluding steroid dienone is 2. The molecule has 16 heavy (non-hydrogen) atoms. The van der Waals surface area contributed by atoms with Gasteiger partial charge in [0.2, 0.25) is 0 Å². The zero-order valence-corrected chi connectivity index (χ0v) is 11.2. The van der Waals surface area contributed by atoms with Gasteiger partial charge in [0.1, 0.15) is 0 Å². The van der Waals surface area contributed by atoms with Crippen LogP contribution in [0.25, 0.3) is 0 Å². The molecule has 2 bridgehead atoms. The van der Waals surface area contributed by atoms with Crippen molar-refractivity contribution in [3.63, 3.8) is 0 Å². The van der Waals surface area contributed by atoms with Crippen LogP contribution in [0.15, 0.2) is 11.1 Å². The molecule has 3 saturated carbocycles. The standard InChI is InChI=1S/C16H26/c1-15(2)13-9-10-16(15,3)14(11-13)12-7-5-4-6-8-12/h13H,4-11H2,1-3H3. The van der Waals surface area contributed by atoms with Crippen LogP contribution in [-0.4, -0.2) is 0 Å². The second-order valence-corrected chi connectivity index (χ2v) is 7.14. The topological polar surface area (TPSA) is 0 Å². The Balaban J connectivity index is 2.00. The van der Waals surface area contributed by atoms with Crippen molar-refractivity contribution in [3.05, 3.63) is 11.1 Å². The largest absolute Gasteiger partial charge is 0.0704 e. The Morgan fingerprint density at radius 1 is 1.00 bits per heavy atom. The van der Waals surface area contributed by atoms with Gasteiger partial charge in [0, 0.05) is 0 Å². The lowest BCUT2D eigenvalue weighted by atomic mass is 9.67.